The minimum atomic E-state index is -0.0973. The average Bonchev–Trinajstić information content (AvgIpc) is 2.36. The van der Waals surface area contributed by atoms with Gasteiger partial charge in [0.25, 0.3) is 5.91 Å². The topological polar surface area (TPSA) is 75.8 Å². The summed E-state index contributed by atoms with van der Waals surface area (Å²) >= 11 is 0. The first-order valence-electron chi connectivity index (χ1n) is 6.43. The van der Waals surface area contributed by atoms with Crippen LogP contribution >= 0.6 is 0 Å². The molecule has 1 saturated heterocycles. The molecule has 0 bridgehead atoms. The average molecular weight is 264 g/mol. The van der Waals surface area contributed by atoms with E-state index >= 15 is 0 Å². The molecule has 1 aliphatic rings. The Morgan fingerprint density at radius 1 is 1.47 bits per heavy atom. The number of hydrogen-bond acceptors (Lipinski definition) is 4. The van der Waals surface area contributed by atoms with E-state index in [-0.39, 0.29) is 17.7 Å². The molecule has 2 unspecified atom stereocenters. The van der Waals surface area contributed by atoms with Crippen molar-refractivity contribution in [3.63, 3.8) is 0 Å². The van der Waals surface area contributed by atoms with Gasteiger partial charge in [0.2, 0.25) is 0 Å². The van der Waals surface area contributed by atoms with Gasteiger partial charge < -0.3 is 20.5 Å². The van der Waals surface area contributed by atoms with Crippen LogP contribution in [-0.4, -0.2) is 42.2 Å². The summed E-state index contributed by atoms with van der Waals surface area (Å²) in [6.07, 6.45) is 0.942. The number of likely N-dealkylation sites (tertiary alicyclic amines) is 1. The van der Waals surface area contributed by atoms with Gasteiger partial charge in [0.15, 0.2) is 11.5 Å². The molecule has 5 heteroatoms. The van der Waals surface area contributed by atoms with Crippen LogP contribution in [0.5, 0.6) is 11.5 Å². The molecule has 5 nitrogen and oxygen atoms in total. The van der Waals surface area contributed by atoms with Crippen LogP contribution in [0.4, 0.5) is 0 Å². The molecule has 2 atom stereocenters. The maximum absolute atomic E-state index is 12.4. The summed E-state index contributed by atoms with van der Waals surface area (Å²) in [7, 11) is 1.47. The minimum absolute atomic E-state index is 0.0253. The van der Waals surface area contributed by atoms with Crippen LogP contribution in [0.25, 0.3) is 0 Å². The lowest BCUT2D eigenvalue weighted by Gasteiger charge is -2.34. The highest BCUT2D eigenvalue weighted by molar-refractivity contribution is 5.95. The van der Waals surface area contributed by atoms with E-state index in [0.29, 0.717) is 30.3 Å². The van der Waals surface area contributed by atoms with Gasteiger partial charge in [-0.05, 0) is 30.5 Å². The van der Waals surface area contributed by atoms with E-state index in [9.17, 15) is 9.90 Å². The molecule has 0 aromatic heterocycles. The van der Waals surface area contributed by atoms with Crippen LogP contribution in [0, 0.1) is 5.92 Å². The summed E-state index contributed by atoms with van der Waals surface area (Å²) in [6, 6.07) is 4.72. The van der Waals surface area contributed by atoms with Gasteiger partial charge in [-0.1, -0.05) is 6.92 Å². The van der Waals surface area contributed by atoms with Crippen molar-refractivity contribution >= 4 is 5.91 Å². The lowest BCUT2D eigenvalue weighted by Crippen LogP contribution is -2.48. The lowest BCUT2D eigenvalue weighted by molar-refractivity contribution is 0.0660. The normalized spacial score (nSPS) is 23.2. The molecule has 0 spiro atoms. The Hall–Kier alpha value is -1.75. The molecule has 1 fully saturated rings. The van der Waals surface area contributed by atoms with E-state index < -0.39 is 0 Å². The van der Waals surface area contributed by atoms with Crippen LogP contribution in [0.2, 0.25) is 0 Å². The number of hydrogen-bond donors (Lipinski definition) is 2. The number of benzene rings is 1. The number of methoxy groups -OCH3 is 1. The van der Waals surface area contributed by atoms with Gasteiger partial charge in [-0.15, -0.1) is 0 Å². The number of phenols is 1. The van der Waals surface area contributed by atoms with Crippen LogP contribution in [0.3, 0.4) is 0 Å². The fourth-order valence-electron chi connectivity index (χ4n) is 2.57. The van der Waals surface area contributed by atoms with E-state index in [2.05, 4.69) is 6.92 Å². The minimum Gasteiger partial charge on any atom is -0.504 e. The van der Waals surface area contributed by atoms with Gasteiger partial charge in [0.05, 0.1) is 7.11 Å². The number of carbonyl (C=O) groups excluding carboxylic acids is 1. The SMILES string of the molecule is COc1ccc(C(=O)N2CC(C)CC(N)C2)cc1O. The summed E-state index contributed by atoms with van der Waals surface area (Å²) in [5.41, 5.74) is 6.40. The van der Waals surface area contributed by atoms with Gasteiger partial charge in [0, 0.05) is 24.7 Å². The van der Waals surface area contributed by atoms with E-state index in [4.69, 9.17) is 10.5 Å². The van der Waals surface area contributed by atoms with Crippen molar-refractivity contribution in [2.24, 2.45) is 11.7 Å². The zero-order valence-electron chi connectivity index (χ0n) is 11.3. The highest BCUT2D eigenvalue weighted by Crippen LogP contribution is 2.27. The first kappa shape index (κ1) is 13.7. The first-order chi connectivity index (χ1) is 9.01. The lowest BCUT2D eigenvalue weighted by atomic mass is 9.96. The van der Waals surface area contributed by atoms with E-state index in [1.807, 2.05) is 0 Å². The van der Waals surface area contributed by atoms with Crippen molar-refractivity contribution in [1.29, 1.82) is 0 Å². The third-order valence-electron chi connectivity index (χ3n) is 3.41. The summed E-state index contributed by atoms with van der Waals surface area (Å²) in [6.45, 7) is 3.36. The number of ether oxygens (including phenoxy) is 1. The molecular weight excluding hydrogens is 244 g/mol. The molecule has 2 rings (SSSR count). The van der Waals surface area contributed by atoms with Crippen LogP contribution in [-0.2, 0) is 0 Å². The third-order valence-corrected chi connectivity index (χ3v) is 3.41. The molecule has 3 N–H and O–H groups in total. The molecule has 0 radical (unpaired) electrons. The first-order valence-corrected chi connectivity index (χ1v) is 6.43. The summed E-state index contributed by atoms with van der Waals surface area (Å²) in [5.74, 6) is 0.641. The zero-order valence-corrected chi connectivity index (χ0v) is 11.3. The molecule has 1 aliphatic heterocycles. The van der Waals surface area contributed by atoms with Gasteiger partial charge in [-0.2, -0.15) is 0 Å². The second-order valence-corrected chi connectivity index (χ2v) is 5.20. The monoisotopic (exact) mass is 264 g/mol. The quantitative estimate of drug-likeness (QED) is 0.842. The van der Waals surface area contributed by atoms with Crippen molar-refractivity contribution < 1.29 is 14.6 Å². The number of nitrogens with zero attached hydrogens (tertiary/aromatic N) is 1. The van der Waals surface area contributed by atoms with Crippen LogP contribution < -0.4 is 10.5 Å². The van der Waals surface area contributed by atoms with Crippen molar-refractivity contribution in [2.45, 2.75) is 19.4 Å². The molecule has 0 saturated carbocycles. The Morgan fingerprint density at radius 2 is 2.21 bits per heavy atom. The molecule has 1 amide bonds. The number of nitrogens with two attached hydrogens (primary N) is 1. The number of amides is 1. The highest BCUT2D eigenvalue weighted by atomic mass is 16.5. The van der Waals surface area contributed by atoms with Crippen molar-refractivity contribution in [3.05, 3.63) is 23.8 Å². The fraction of sp³-hybridized carbons (Fsp3) is 0.500. The van der Waals surface area contributed by atoms with Crippen molar-refractivity contribution in [3.8, 4) is 11.5 Å². The Labute approximate surface area is 113 Å². The van der Waals surface area contributed by atoms with Gasteiger partial charge in [-0.3, -0.25) is 4.79 Å². The second-order valence-electron chi connectivity index (χ2n) is 5.20. The number of phenolic OH excluding ortho intramolecular Hbond substituents is 1. The molecule has 1 aromatic rings. The molecule has 19 heavy (non-hydrogen) atoms. The standard InChI is InChI=1S/C14H20N2O3/c1-9-5-11(15)8-16(7-9)14(18)10-3-4-13(19-2)12(17)6-10/h3-4,6,9,11,17H,5,7-8,15H2,1-2H3. The second kappa shape index (κ2) is 5.48. The fourth-order valence-corrected chi connectivity index (χ4v) is 2.57. The molecule has 0 aliphatic carbocycles. The predicted molar refractivity (Wildman–Crippen MR) is 72.3 cm³/mol. The van der Waals surface area contributed by atoms with Gasteiger partial charge in [0.1, 0.15) is 0 Å². The van der Waals surface area contributed by atoms with E-state index in [0.717, 1.165) is 6.42 Å². The van der Waals surface area contributed by atoms with Gasteiger partial charge in [-0.25, -0.2) is 0 Å². The van der Waals surface area contributed by atoms with E-state index in [1.54, 1.807) is 17.0 Å². The molecule has 1 aromatic carbocycles. The van der Waals surface area contributed by atoms with E-state index in [1.165, 1.54) is 13.2 Å². The van der Waals surface area contributed by atoms with Crippen molar-refractivity contribution in [1.82, 2.24) is 4.90 Å². The van der Waals surface area contributed by atoms with Gasteiger partial charge >= 0.3 is 0 Å². The van der Waals surface area contributed by atoms with Crippen LogP contribution in [0.15, 0.2) is 18.2 Å². The maximum Gasteiger partial charge on any atom is 0.254 e. The highest BCUT2D eigenvalue weighted by Gasteiger charge is 2.26. The molecule has 104 valence electrons. The predicted octanol–water partition coefficient (Wildman–Crippen LogP) is 1.21. The Balaban J connectivity index is 2.17. The Morgan fingerprint density at radius 3 is 2.79 bits per heavy atom. The Bertz CT molecular complexity index is 466. The number of piperidine rings is 1. The maximum atomic E-state index is 12.4. The summed E-state index contributed by atoms with van der Waals surface area (Å²) in [5, 5.41) is 9.72. The number of aromatic hydroxyl groups is 1. The molecule has 1 heterocycles. The van der Waals surface area contributed by atoms with Crippen molar-refractivity contribution in [2.75, 3.05) is 20.2 Å². The van der Waals surface area contributed by atoms with Crippen LogP contribution in [0.1, 0.15) is 23.7 Å². The number of carbonyl (C=O) groups is 1. The largest absolute Gasteiger partial charge is 0.504 e. The Kier molecular flexibility index (Phi) is 3.95. The third kappa shape index (κ3) is 2.98. The zero-order chi connectivity index (χ0) is 14.0. The molecular formula is C14H20N2O3. The summed E-state index contributed by atoms with van der Waals surface area (Å²) < 4.78 is 4.96. The summed E-state index contributed by atoms with van der Waals surface area (Å²) in [4.78, 5) is 14.1. The number of rotatable bonds is 2. The smallest absolute Gasteiger partial charge is 0.254 e.